The van der Waals surface area contributed by atoms with Gasteiger partial charge >= 0.3 is 0 Å². The first-order valence-electron chi connectivity index (χ1n) is 9.46. The van der Waals surface area contributed by atoms with Gasteiger partial charge in [-0.3, -0.25) is 9.59 Å². The van der Waals surface area contributed by atoms with Gasteiger partial charge in [-0.25, -0.2) is 0 Å². The highest BCUT2D eigenvalue weighted by atomic mass is 16.5. The maximum atomic E-state index is 13.0. The van der Waals surface area contributed by atoms with Crippen molar-refractivity contribution in [3.63, 3.8) is 0 Å². The third-order valence-electron chi connectivity index (χ3n) is 4.60. The van der Waals surface area contributed by atoms with Gasteiger partial charge in [0.25, 0.3) is 5.91 Å². The van der Waals surface area contributed by atoms with Gasteiger partial charge in [-0.2, -0.15) is 0 Å². The Morgan fingerprint density at radius 1 is 1.23 bits per heavy atom. The van der Waals surface area contributed by atoms with Crippen molar-refractivity contribution in [1.82, 2.24) is 4.90 Å². The Hall–Kier alpha value is -3.30. The van der Waals surface area contributed by atoms with Crippen LogP contribution in [0.1, 0.15) is 29.1 Å². The average Bonchev–Trinajstić information content (AvgIpc) is 3.35. The van der Waals surface area contributed by atoms with Gasteiger partial charge in [-0.15, -0.1) is 0 Å². The summed E-state index contributed by atoms with van der Waals surface area (Å²) in [7, 11) is 0. The monoisotopic (exact) mass is 417 g/mol. The maximum absolute atomic E-state index is 13.0. The van der Waals surface area contributed by atoms with E-state index >= 15 is 0 Å². The molecule has 2 heterocycles. The SMILES string of the molecule is CCOc1cc(C2C(C(=O)c3ccco3)=C(O)C(=O)N2CCOCCO)ccc1O. The first-order chi connectivity index (χ1) is 14.5. The molecule has 2 aromatic rings. The van der Waals surface area contributed by atoms with Gasteiger partial charge in [-0.05, 0) is 36.8 Å². The molecule has 1 atom stereocenters. The molecule has 0 aliphatic carbocycles. The number of hydrogen-bond donors (Lipinski definition) is 3. The van der Waals surface area contributed by atoms with Crippen LogP contribution in [0.4, 0.5) is 0 Å². The van der Waals surface area contributed by atoms with Crippen LogP contribution in [-0.2, 0) is 9.53 Å². The van der Waals surface area contributed by atoms with E-state index in [0.29, 0.717) is 12.2 Å². The van der Waals surface area contributed by atoms with Crippen LogP contribution in [0.2, 0.25) is 0 Å². The summed E-state index contributed by atoms with van der Waals surface area (Å²) in [6.07, 6.45) is 1.32. The van der Waals surface area contributed by atoms with Crippen molar-refractivity contribution < 1.29 is 38.8 Å². The number of amides is 1. The second-order valence-electron chi connectivity index (χ2n) is 6.47. The number of carbonyl (C=O) groups excluding carboxylic acids is 2. The van der Waals surface area contributed by atoms with E-state index < -0.39 is 23.5 Å². The minimum atomic E-state index is -0.937. The molecular formula is C21H23NO8. The normalized spacial score (nSPS) is 16.4. The van der Waals surface area contributed by atoms with Crippen molar-refractivity contribution in [3.05, 3.63) is 59.3 Å². The maximum Gasteiger partial charge on any atom is 0.290 e. The zero-order valence-corrected chi connectivity index (χ0v) is 16.4. The summed E-state index contributed by atoms with van der Waals surface area (Å²) in [5, 5.41) is 29.4. The molecule has 0 saturated heterocycles. The molecule has 0 saturated carbocycles. The number of carbonyl (C=O) groups is 2. The van der Waals surface area contributed by atoms with Gasteiger partial charge in [0.1, 0.15) is 0 Å². The lowest BCUT2D eigenvalue weighted by molar-refractivity contribution is -0.130. The van der Waals surface area contributed by atoms with E-state index in [4.69, 9.17) is 19.0 Å². The van der Waals surface area contributed by atoms with Crippen LogP contribution < -0.4 is 4.74 Å². The molecule has 1 amide bonds. The van der Waals surface area contributed by atoms with E-state index in [-0.39, 0.29) is 49.2 Å². The van der Waals surface area contributed by atoms with Gasteiger partial charge in [0.15, 0.2) is 23.0 Å². The Bertz CT molecular complexity index is 934. The first kappa shape index (κ1) is 21.4. The molecule has 0 bridgehead atoms. The number of phenols is 1. The van der Waals surface area contributed by atoms with E-state index in [1.807, 2.05) is 0 Å². The molecule has 0 radical (unpaired) electrons. The Morgan fingerprint density at radius 2 is 2.03 bits per heavy atom. The molecule has 3 rings (SSSR count). The molecule has 1 aliphatic heterocycles. The molecule has 1 unspecified atom stereocenters. The minimum absolute atomic E-state index is 0.0171. The van der Waals surface area contributed by atoms with Gasteiger partial charge < -0.3 is 34.1 Å². The van der Waals surface area contributed by atoms with Crippen LogP contribution in [0.15, 0.2) is 52.3 Å². The average molecular weight is 417 g/mol. The molecule has 0 fully saturated rings. The van der Waals surface area contributed by atoms with Crippen LogP contribution in [-0.4, -0.2) is 64.9 Å². The number of ketones is 1. The lowest BCUT2D eigenvalue weighted by Gasteiger charge is -2.27. The number of Topliss-reactive ketones (excluding diaryl/α,β-unsaturated/α-hetero) is 1. The van der Waals surface area contributed by atoms with Crippen molar-refractivity contribution in [2.45, 2.75) is 13.0 Å². The van der Waals surface area contributed by atoms with Crippen molar-refractivity contribution in [2.75, 3.05) is 33.0 Å². The number of hydrogen-bond acceptors (Lipinski definition) is 8. The summed E-state index contributed by atoms with van der Waals surface area (Å²) in [5.74, 6) is -1.94. The van der Waals surface area contributed by atoms with Gasteiger partial charge in [0.05, 0.1) is 44.3 Å². The number of aromatic hydroxyl groups is 1. The standard InChI is InChI=1S/C21H23NO8/c1-2-29-16-12-13(5-6-14(16)24)18-17(19(25)15-4-3-9-30-15)20(26)21(27)22(18)7-10-28-11-8-23/h3-6,9,12,18,23-24,26H,2,7-8,10-11H2,1H3. The lowest BCUT2D eigenvalue weighted by Crippen LogP contribution is -2.34. The first-order valence-corrected chi connectivity index (χ1v) is 9.46. The molecule has 3 N–H and O–H groups in total. The molecular weight excluding hydrogens is 394 g/mol. The van der Waals surface area contributed by atoms with E-state index in [2.05, 4.69) is 0 Å². The summed E-state index contributed by atoms with van der Waals surface area (Å²) in [6, 6.07) is 6.50. The summed E-state index contributed by atoms with van der Waals surface area (Å²) < 4.78 is 15.8. The van der Waals surface area contributed by atoms with Crippen molar-refractivity contribution in [2.24, 2.45) is 0 Å². The van der Waals surface area contributed by atoms with Gasteiger partial charge in [0.2, 0.25) is 5.78 Å². The highest BCUT2D eigenvalue weighted by molar-refractivity contribution is 6.15. The number of aliphatic hydroxyl groups is 2. The Labute approximate surface area is 172 Å². The predicted octanol–water partition coefficient (Wildman–Crippen LogP) is 1.97. The molecule has 1 aromatic carbocycles. The Balaban J connectivity index is 2.02. The third-order valence-corrected chi connectivity index (χ3v) is 4.60. The fraction of sp³-hybridized carbons (Fsp3) is 0.333. The van der Waals surface area contributed by atoms with Crippen LogP contribution in [0, 0.1) is 0 Å². The zero-order valence-electron chi connectivity index (χ0n) is 16.4. The number of ether oxygens (including phenoxy) is 2. The van der Waals surface area contributed by atoms with Crippen molar-refractivity contribution in [1.29, 1.82) is 0 Å². The number of rotatable bonds is 10. The van der Waals surface area contributed by atoms with Crippen molar-refractivity contribution >= 4 is 11.7 Å². The quantitative estimate of drug-likeness (QED) is 0.395. The fourth-order valence-electron chi connectivity index (χ4n) is 3.30. The second-order valence-corrected chi connectivity index (χ2v) is 6.47. The van der Waals surface area contributed by atoms with Gasteiger partial charge in [-0.1, -0.05) is 6.07 Å². The van der Waals surface area contributed by atoms with E-state index in [1.54, 1.807) is 13.0 Å². The smallest absolute Gasteiger partial charge is 0.290 e. The van der Waals surface area contributed by atoms with E-state index in [9.17, 15) is 19.8 Å². The third kappa shape index (κ3) is 4.17. The summed E-state index contributed by atoms with van der Waals surface area (Å²) >= 11 is 0. The number of aliphatic hydroxyl groups excluding tert-OH is 2. The summed E-state index contributed by atoms with van der Waals surface area (Å²) in [4.78, 5) is 27.1. The topological polar surface area (TPSA) is 130 Å². The molecule has 30 heavy (non-hydrogen) atoms. The molecule has 1 aliphatic rings. The molecule has 1 aromatic heterocycles. The molecule has 160 valence electrons. The van der Waals surface area contributed by atoms with Crippen LogP contribution in [0.3, 0.4) is 0 Å². The minimum Gasteiger partial charge on any atom is -0.504 e. The highest BCUT2D eigenvalue weighted by Gasteiger charge is 2.44. The van der Waals surface area contributed by atoms with E-state index in [1.165, 1.54) is 35.4 Å². The molecule has 0 spiro atoms. The number of phenolic OH excluding ortho intramolecular Hbond substituents is 1. The summed E-state index contributed by atoms with van der Waals surface area (Å²) in [5.41, 5.74) is 0.330. The van der Waals surface area contributed by atoms with Crippen LogP contribution >= 0.6 is 0 Å². The number of furan rings is 1. The zero-order chi connectivity index (χ0) is 21.7. The number of benzene rings is 1. The predicted molar refractivity (Wildman–Crippen MR) is 104 cm³/mol. The van der Waals surface area contributed by atoms with Crippen molar-refractivity contribution in [3.8, 4) is 11.5 Å². The van der Waals surface area contributed by atoms with Crippen LogP contribution in [0.5, 0.6) is 11.5 Å². The summed E-state index contributed by atoms with van der Waals surface area (Å²) in [6.45, 7) is 2.14. The van der Waals surface area contributed by atoms with Crippen LogP contribution in [0.25, 0.3) is 0 Å². The van der Waals surface area contributed by atoms with E-state index in [0.717, 1.165) is 0 Å². The number of nitrogens with zero attached hydrogens (tertiary/aromatic N) is 1. The Kier molecular flexibility index (Phi) is 6.76. The fourth-order valence-corrected chi connectivity index (χ4v) is 3.30. The lowest BCUT2D eigenvalue weighted by atomic mass is 9.94. The Morgan fingerprint density at radius 3 is 2.70 bits per heavy atom. The molecule has 9 heteroatoms. The van der Waals surface area contributed by atoms with Gasteiger partial charge in [0, 0.05) is 6.54 Å². The second kappa shape index (κ2) is 9.47. The molecule has 9 nitrogen and oxygen atoms in total. The largest absolute Gasteiger partial charge is 0.504 e. The highest BCUT2D eigenvalue weighted by Crippen LogP contribution is 2.41.